The predicted molar refractivity (Wildman–Crippen MR) is 60.7 cm³/mol. The van der Waals surface area contributed by atoms with Gasteiger partial charge in [-0.3, -0.25) is 0 Å². The van der Waals surface area contributed by atoms with Crippen LogP contribution in [0.5, 0.6) is 0 Å². The summed E-state index contributed by atoms with van der Waals surface area (Å²) in [5.41, 5.74) is 0. The van der Waals surface area contributed by atoms with Crippen LogP contribution in [0.25, 0.3) is 0 Å². The smallest absolute Gasteiger partial charge is 0.830 e. The van der Waals surface area contributed by atoms with Crippen LogP contribution in [0.4, 0.5) is 0 Å². The van der Waals surface area contributed by atoms with Crippen LogP contribution in [-0.2, 0) is 21.1 Å². The van der Waals surface area contributed by atoms with E-state index < -0.39 is 24.4 Å². The van der Waals surface area contributed by atoms with E-state index in [9.17, 15) is 4.89 Å². The van der Waals surface area contributed by atoms with Crippen molar-refractivity contribution in [2.45, 2.75) is 0 Å². The Morgan fingerprint density at radius 3 is 0.769 bits per heavy atom. The molecule has 0 aliphatic heterocycles. The Labute approximate surface area is 100 Å². The SMILES string of the molecule is CP(C)O.CP(C)O.CP(C)[O-].[Pt+2]. The summed E-state index contributed by atoms with van der Waals surface area (Å²) in [4.78, 5) is 25.8. The molecule has 0 heterocycles. The summed E-state index contributed by atoms with van der Waals surface area (Å²) in [6, 6.07) is 0. The van der Waals surface area contributed by atoms with Gasteiger partial charge in [0.25, 0.3) is 0 Å². The van der Waals surface area contributed by atoms with Gasteiger partial charge in [-0.25, -0.2) is 8.15 Å². The molecule has 86 valence electrons. The average Bonchev–Trinajstić information content (AvgIpc) is 1.54. The zero-order valence-corrected chi connectivity index (χ0v) is 13.9. The number of hydrogen-bond donors (Lipinski definition) is 2. The first-order valence-electron chi connectivity index (χ1n) is 3.27. The quantitative estimate of drug-likeness (QED) is 0.572. The van der Waals surface area contributed by atoms with Crippen molar-refractivity contribution in [1.29, 1.82) is 0 Å². The van der Waals surface area contributed by atoms with E-state index in [1.54, 1.807) is 40.0 Å². The maximum absolute atomic E-state index is 9.59. The van der Waals surface area contributed by atoms with E-state index >= 15 is 0 Å². The molecule has 0 aliphatic rings. The molecule has 13 heavy (non-hydrogen) atoms. The van der Waals surface area contributed by atoms with Crippen molar-refractivity contribution in [2.24, 2.45) is 0 Å². The van der Waals surface area contributed by atoms with Crippen LogP contribution < -0.4 is 4.89 Å². The van der Waals surface area contributed by atoms with Gasteiger partial charge in [0.15, 0.2) is 0 Å². The van der Waals surface area contributed by atoms with E-state index in [2.05, 4.69) is 0 Å². The Hall–Kier alpha value is 1.86. The van der Waals surface area contributed by atoms with E-state index in [4.69, 9.17) is 9.79 Å². The summed E-state index contributed by atoms with van der Waals surface area (Å²) in [5, 5.41) is 0. The third-order valence-corrected chi connectivity index (χ3v) is 0. The molecular formula is C6H20O3P3Pt+. The second-order valence-electron chi connectivity index (χ2n) is 2.51. The third kappa shape index (κ3) is 564. The number of rotatable bonds is 0. The minimum Gasteiger partial charge on any atom is -0.830 e. The second-order valence-corrected chi connectivity index (χ2v) is 7.52. The molecule has 0 atom stereocenters. The summed E-state index contributed by atoms with van der Waals surface area (Å²) < 4.78 is 0. The van der Waals surface area contributed by atoms with Gasteiger partial charge in [0.2, 0.25) is 0 Å². The third-order valence-electron chi connectivity index (χ3n) is 0. The standard InChI is InChI=1S/2C2H7OP.C2H6OP.Pt/c3*1-4(2)3;/h2*3H,1-2H3;1-2H3;/q;;-1;+2. The van der Waals surface area contributed by atoms with Crippen LogP contribution in [0.2, 0.25) is 0 Å². The molecule has 3 nitrogen and oxygen atoms in total. The molecule has 0 aromatic rings. The average molecular weight is 428 g/mol. The molecule has 0 radical (unpaired) electrons. The van der Waals surface area contributed by atoms with Gasteiger partial charge in [0.1, 0.15) is 0 Å². The van der Waals surface area contributed by atoms with Gasteiger partial charge in [0.05, 0.1) is 0 Å². The van der Waals surface area contributed by atoms with Crippen LogP contribution in [0.3, 0.4) is 0 Å². The van der Waals surface area contributed by atoms with Crippen molar-refractivity contribution in [3.8, 4) is 0 Å². The van der Waals surface area contributed by atoms with Gasteiger partial charge in [-0.2, -0.15) is 0 Å². The Balaban J connectivity index is -0.0000000450. The van der Waals surface area contributed by atoms with E-state index in [-0.39, 0.29) is 21.1 Å². The van der Waals surface area contributed by atoms with Gasteiger partial charge < -0.3 is 14.7 Å². The van der Waals surface area contributed by atoms with Crippen molar-refractivity contribution in [3.05, 3.63) is 0 Å². The van der Waals surface area contributed by atoms with Crippen molar-refractivity contribution in [3.63, 3.8) is 0 Å². The Morgan fingerprint density at radius 1 is 0.769 bits per heavy atom. The number of hydrogen-bond acceptors (Lipinski definition) is 3. The van der Waals surface area contributed by atoms with Gasteiger partial charge in [0, 0.05) is 16.3 Å². The molecule has 0 bridgehead atoms. The fourth-order valence-corrected chi connectivity index (χ4v) is 0. The first-order valence-corrected chi connectivity index (χ1v) is 9.80. The van der Waals surface area contributed by atoms with Crippen LogP contribution in [0.1, 0.15) is 0 Å². The molecule has 0 fully saturated rings. The van der Waals surface area contributed by atoms with Crippen molar-refractivity contribution in [2.75, 3.05) is 40.0 Å². The monoisotopic (exact) mass is 428 g/mol. The summed E-state index contributed by atoms with van der Waals surface area (Å²) in [7, 11) is -2.11. The molecule has 0 unspecified atom stereocenters. The molecular weight excluding hydrogens is 408 g/mol. The maximum Gasteiger partial charge on any atom is 2.00 e. The van der Waals surface area contributed by atoms with Gasteiger partial charge >= 0.3 is 21.1 Å². The topological polar surface area (TPSA) is 63.5 Å². The van der Waals surface area contributed by atoms with Gasteiger partial charge in [-0.15, -0.1) is 0 Å². The first-order chi connectivity index (χ1) is 5.20. The molecule has 0 saturated carbocycles. The first kappa shape index (κ1) is 24.2. The normalized spacial score (nSPS) is 8.31. The van der Waals surface area contributed by atoms with Gasteiger partial charge in [-0.1, -0.05) is 13.3 Å². The van der Waals surface area contributed by atoms with Crippen LogP contribution in [0.15, 0.2) is 0 Å². The largest absolute Gasteiger partial charge is 2.00 e. The Morgan fingerprint density at radius 2 is 0.769 bits per heavy atom. The fraction of sp³-hybridized carbons (Fsp3) is 1.00. The zero-order chi connectivity index (χ0) is 10.7. The molecule has 2 N–H and O–H groups in total. The van der Waals surface area contributed by atoms with Crippen molar-refractivity contribution in [1.82, 2.24) is 0 Å². The minimum absolute atomic E-state index is 0. The molecule has 0 aliphatic carbocycles. The van der Waals surface area contributed by atoms with Gasteiger partial charge in [-0.05, 0) is 26.7 Å². The molecule has 0 saturated heterocycles. The van der Waals surface area contributed by atoms with E-state index in [1.165, 1.54) is 0 Å². The molecule has 0 aromatic heterocycles. The maximum atomic E-state index is 9.59. The molecule has 7 heteroatoms. The zero-order valence-electron chi connectivity index (χ0n) is 8.96. The van der Waals surface area contributed by atoms with Crippen LogP contribution in [0, 0.1) is 0 Å². The minimum atomic E-state index is -0.870. The van der Waals surface area contributed by atoms with Crippen LogP contribution >= 0.6 is 24.4 Å². The summed E-state index contributed by atoms with van der Waals surface area (Å²) >= 11 is 0. The summed E-state index contributed by atoms with van der Waals surface area (Å²) in [6.45, 7) is 10.5. The van der Waals surface area contributed by atoms with E-state index in [1.807, 2.05) is 0 Å². The van der Waals surface area contributed by atoms with E-state index in [0.29, 0.717) is 0 Å². The predicted octanol–water partition coefficient (Wildman–Crippen LogP) is 1.27. The molecule has 0 aromatic carbocycles. The second kappa shape index (κ2) is 19.4. The molecule has 0 amide bonds. The molecule has 0 spiro atoms. The van der Waals surface area contributed by atoms with Crippen molar-refractivity contribution >= 4 is 24.4 Å². The summed E-state index contributed by atoms with van der Waals surface area (Å²) in [5.74, 6) is 0. The Bertz CT molecular complexity index is 51.6. The van der Waals surface area contributed by atoms with Crippen LogP contribution in [-0.4, -0.2) is 49.8 Å². The fourth-order valence-electron chi connectivity index (χ4n) is 0. The van der Waals surface area contributed by atoms with Crippen molar-refractivity contribution < 1.29 is 35.7 Å². The summed E-state index contributed by atoms with van der Waals surface area (Å²) in [6.07, 6.45) is 0. The Kier molecular flexibility index (Phi) is 36.2. The van der Waals surface area contributed by atoms with E-state index in [0.717, 1.165) is 0 Å². The molecule has 0 rings (SSSR count).